The molecule has 30 heavy (non-hydrogen) atoms. The van der Waals surface area contributed by atoms with E-state index in [9.17, 15) is 13.2 Å². The largest absolute Gasteiger partial charge is 0.494 e. The summed E-state index contributed by atoms with van der Waals surface area (Å²) in [6.07, 6.45) is 1.17. The van der Waals surface area contributed by atoms with E-state index in [1.165, 1.54) is 0 Å². The van der Waals surface area contributed by atoms with Crippen molar-refractivity contribution in [1.82, 2.24) is 5.32 Å². The molecule has 0 fully saturated rings. The van der Waals surface area contributed by atoms with Gasteiger partial charge in [-0.15, -0.1) is 0 Å². The number of benzene rings is 2. The molecule has 0 radical (unpaired) electrons. The van der Waals surface area contributed by atoms with E-state index in [0.717, 1.165) is 21.9 Å². The Morgan fingerprint density at radius 3 is 2.07 bits per heavy atom. The van der Waals surface area contributed by atoms with E-state index >= 15 is 0 Å². The highest BCUT2D eigenvalue weighted by Crippen LogP contribution is 2.24. The van der Waals surface area contributed by atoms with E-state index in [4.69, 9.17) is 9.47 Å². The minimum absolute atomic E-state index is 0.0842. The van der Waals surface area contributed by atoms with Crippen molar-refractivity contribution in [3.05, 3.63) is 54.1 Å². The van der Waals surface area contributed by atoms with Gasteiger partial charge in [0, 0.05) is 6.54 Å². The molecule has 0 aromatic heterocycles. The Kier molecular flexibility index (Phi) is 8.11. The van der Waals surface area contributed by atoms with Crippen molar-refractivity contribution in [3.63, 3.8) is 0 Å². The molecule has 2 rings (SSSR count). The highest BCUT2D eigenvalue weighted by Gasteiger charge is 2.29. The van der Waals surface area contributed by atoms with Crippen LogP contribution in [0.1, 0.15) is 33.3 Å². The second-order valence-electron chi connectivity index (χ2n) is 7.19. The number of amides is 1. The minimum atomic E-state index is -3.67. The average molecular weight is 435 g/mol. The Balaban J connectivity index is 2.08. The van der Waals surface area contributed by atoms with Crippen LogP contribution in [-0.2, 0) is 21.4 Å². The van der Waals surface area contributed by atoms with Gasteiger partial charge in [-0.25, -0.2) is 8.42 Å². The third kappa shape index (κ3) is 6.66. The van der Waals surface area contributed by atoms with Crippen LogP contribution >= 0.6 is 0 Å². The topological polar surface area (TPSA) is 84.9 Å². The van der Waals surface area contributed by atoms with E-state index in [-0.39, 0.29) is 12.6 Å². The zero-order valence-corrected chi connectivity index (χ0v) is 18.9. The van der Waals surface area contributed by atoms with Crippen LogP contribution in [0.25, 0.3) is 0 Å². The number of hydrogen-bond donors (Lipinski definition) is 1. The number of nitrogens with one attached hydrogen (secondary N) is 1. The molecular formula is C22H30N2O5S. The lowest BCUT2D eigenvalue weighted by Crippen LogP contribution is -2.47. The molecule has 0 saturated carbocycles. The Bertz CT molecular complexity index is 925. The summed E-state index contributed by atoms with van der Waals surface area (Å²) >= 11 is 0. The van der Waals surface area contributed by atoms with Gasteiger partial charge in [0.05, 0.1) is 24.7 Å². The van der Waals surface area contributed by atoms with Crippen LogP contribution in [0.15, 0.2) is 48.5 Å². The molecule has 0 spiro atoms. The zero-order chi connectivity index (χ0) is 22.3. The summed E-state index contributed by atoms with van der Waals surface area (Å²) in [6.45, 7) is 8.13. The van der Waals surface area contributed by atoms with Crippen LogP contribution in [0.3, 0.4) is 0 Å². The van der Waals surface area contributed by atoms with Gasteiger partial charge in [0.15, 0.2) is 0 Å². The van der Waals surface area contributed by atoms with Crippen LogP contribution in [0.4, 0.5) is 5.69 Å². The number of carbonyl (C=O) groups excluding carboxylic acids is 1. The van der Waals surface area contributed by atoms with Crippen LogP contribution in [-0.4, -0.2) is 39.3 Å². The van der Waals surface area contributed by atoms with Crippen molar-refractivity contribution in [1.29, 1.82) is 0 Å². The second-order valence-corrected chi connectivity index (χ2v) is 9.05. The van der Waals surface area contributed by atoms with Crippen molar-refractivity contribution >= 4 is 21.6 Å². The number of hydrogen-bond acceptors (Lipinski definition) is 5. The number of sulfonamides is 1. The fourth-order valence-corrected chi connectivity index (χ4v) is 4.13. The Hall–Kier alpha value is -2.74. The first-order valence-corrected chi connectivity index (χ1v) is 11.7. The number of ether oxygens (including phenoxy) is 2. The average Bonchev–Trinajstić information content (AvgIpc) is 2.67. The summed E-state index contributed by atoms with van der Waals surface area (Å²) in [5, 5.41) is 2.80. The summed E-state index contributed by atoms with van der Waals surface area (Å²) in [5.41, 5.74) is 1.29. The van der Waals surface area contributed by atoms with Gasteiger partial charge < -0.3 is 14.8 Å². The SMILES string of the molecule is CCOc1ccc(N([C@H](C)C(=O)NCc2ccc(OC(C)C)cc2)S(C)(=O)=O)cc1. The summed E-state index contributed by atoms with van der Waals surface area (Å²) in [7, 11) is -3.67. The first-order valence-electron chi connectivity index (χ1n) is 9.87. The maximum atomic E-state index is 12.7. The Labute approximate surface area is 179 Å². The maximum Gasteiger partial charge on any atom is 0.243 e. The molecule has 164 valence electrons. The molecule has 2 aromatic carbocycles. The smallest absolute Gasteiger partial charge is 0.243 e. The van der Waals surface area contributed by atoms with Gasteiger partial charge in [0.25, 0.3) is 0 Å². The fraction of sp³-hybridized carbons (Fsp3) is 0.409. The van der Waals surface area contributed by atoms with Crippen LogP contribution in [0, 0.1) is 0 Å². The second kappa shape index (κ2) is 10.3. The van der Waals surface area contributed by atoms with Crippen LogP contribution in [0.2, 0.25) is 0 Å². The van der Waals surface area contributed by atoms with Gasteiger partial charge >= 0.3 is 0 Å². The van der Waals surface area contributed by atoms with Crippen LogP contribution in [0.5, 0.6) is 11.5 Å². The summed E-state index contributed by atoms with van der Waals surface area (Å²) in [6, 6.07) is 13.1. The van der Waals surface area contributed by atoms with Gasteiger partial charge in [-0.3, -0.25) is 9.10 Å². The standard InChI is InChI=1S/C22H30N2O5S/c1-6-28-20-13-9-19(10-14-20)24(30(5,26)27)17(4)22(25)23-15-18-7-11-21(12-8-18)29-16(2)3/h7-14,16-17H,6,15H2,1-5H3,(H,23,25)/t17-/m1/s1. The predicted molar refractivity (Wildman–Crippen MR) is 118 cm³/mol. The number of carbonyl (C=O) groups is 1. The molecule has 1 amide bonds. The monoisotopic (exact) mass is 434 g/mol. The van der Waals surface area contributed by atoms with Crippen molar-refractivity contribution in [2.24, 2.45) is 0 Å². The van der Waals surface area contributed by atoms with E-state index in [2.05, 4.69) is 5.32 Å². The molecule has 0 aliphatic carbocycles. The number of rotatable bonds is 10. The molecule has 2 aromatic rings. The first kappa shape index (κ1) is 23.5. The summed E-state index contributed by atoms with van der Waals surface area (Å²) in [4.78, 5) is 12.7. The van der Waals surface area contributed by atoms with Gasteiger partial charge in [0.1, 0.15) is 17.5 Å². The molecule has 7 nitrogen and oxygen atoms in total. The van der Waals surface area contributed by atoms with Gasteiger partial charge in [-0.1, -0.05) is 12.1 Å². The van der Waals surface area contributed by atoms with Crippen molar-refractivity contribution in [3.8, 4) is 11.5 Å². The quantitative estimate of drug-likeness (QED) is 0.620. The van der Waals surface area contributed by atoms with Crippen molar-refractivity contribution in [2.75, 3.05) is 17.2 Å². The molecule has 0 heterocycles. The number of nitrogens with zero attached hydrogens (tertiary/aromatic N) is 1. The molecule has 1 N–H and O–H groups in total. The summed E-state index contributed by atoms with van der Waals surface area (Å²) in [5.74, 6) is 1.00. The van der Waals surface area contributed by atoms with E-state index in [1.807, 2.05) is 45.0 Å². The van der Waals surface area contributed by atoms with E-state index in [1.54, 1.807) is 31.2 Å². The lowest BCUT2D eigenvalue weighted by atomic mass is 10.2. The van der Waals surface area contributed by atoms with E-state index < -0.39 is 22.0 Å². The van der Waals surface area contributed by atoms with Crippen LogP contribution < -0.4 is 19.1 Å². The third-order valence-corrected chi connectivity index (χ3v) is 5.49. The number of anilines is 1. The first-order chi connectivity index (χ1) is 14.1. The zero-order valence-electron chi connectivity index (χ0n) is 18.1. The molecule has 8 heteroatoms. The maximum absolute atomic E-state index is 12.7. The van der Waals surface area contributed by atoms with Crippen molar-refractivity contribution in [2.45, 2.75) is 46.4 Å². The Morgan fingerprint density at radius 2 is 1.57 bits per heavy atom. The predicted octanol–water partition coefficient (Wildman–Crippen LogP) is 3.34. The molecule has 0 unspecified atom stereocenters. The molecule has 0 aliphatic heterocycles. The molecular weight excluding hydrogens is 404 g/mol. The lowest BCUT2D eigenvalue weighted by molar-refractivity contribution is -0.122. The van der Waals surface area contributed by atoms with E-state index in [0.29, 0.717) is 18.0 Å². The Morgan fingerprint density at radius 1 is 1.00 bits per heavy atom. The summed E-state index contributed by atoms with van der Waals surface area (Å²) < 4.78 is 36.9. The molecule has 1 atom stereocenters. The normalized spacial score (nSPS) is 12.3. The molecule has 0 aliphatic rings. The minimum Gasteiger partial charge on any atom is -0.494 e. The molecule has 0 saturated heterocycles. The highest BCUT2D eigenvalue weighted by atomic mass is 32.2. The highest BCUT2D eigenvalue weighted by molar-refractivity contribution is 7.92. The third-order valence-electron chi connectivity index (χ3n) is 4.25. The molecule has 0 bridgehead atoms. The van der Waals surface area contributed by atoms with Gasteiger partial charge in [-0.2, -0.15) is 0 Å². The van der Waals surface area contributed by atoms with Gasteiger partial charge in [0.2, 0.25) is 15.9 Å². The lowest BCUT2D eigenvalue weighted by Gasteiger charge is -2.28. The van der Waals surface area contributed by atoms with Gasteiger partial charge in [-0.05, 0) is 69.7 Å². The fourth-order valence-electron chi connectivity index (χ4n) is 2.96. The van der Waals surface area contributed by atoms with Crippen molar-refractivity contribution < 1.29 is 22.7 Å².